The molecule has 0 aliphatic carbocycles. The van der Waals surface area contributed by atoms with Gasteiger partial charge in [-0.05, 0) is 36.0 Å². The SMILES string of the molecule is CCC(CC)(CNCc1ccc(-c2ccc(C(C)(C)C)cc2)o1)C(=O)O. The number of rotatable bonds is 8. The lowest BCUT2D eigenvalue weighted by Crippen LogP contribution is -2.39. The molecule has 0 bridgehead atoms. The minimum atomic E-state index is -0.742. The lowest BCUT2D eigenvalue weighted by atomic mass is 9.82. The Bertz CT molecular complexity index is 719. The maximum atomic E-state index is 11.5. The number of hydrogen-bond donors (Lipinski definition) is 2. The fourth-order valence-corrected chi connectivity index (χ4v) is 3.07. The average Bonchev–Trinajstić information content (AvgIpc) is 3.07. The van der Waals surface area contributed by atoms with Crippen molar-refractivity contribution in [3.05, 3.63) is 47.7 Å². The summed E-state index contributed by atoms with van der Waals surface area (Å²) in [5.41, 5.74) is 1.76. The van der Waals surface area contributed by atoms with Crippen molar-refractivity contribution in [2.45, 2.75) is 59.4 Å². The van der Waals surface area contributed by atoms with Crippen molar-refractivity contribution in [2.24, 2.45) is 5.41 Å². The van der Waals surface area contributed by atoms with Gasteiger partial charge in [0.15, 0.2) is 0 Å². The molecule has 1 heterocycles. The predicted octanol–water partition coefficient (Wildman–Crippen LogP) is 5.22. The van der Waals surface area contributed by atoms with Gasteiger partial charge in [0.1, 0.15) is 11.5 Å². The Labute approximate surface area is 156 Å². The Morgan fingerprint density at radius 1 is 1.04 bits per heavy atom. The van der Waals surface area contributed by atoms with E-state index in [4.69, 9.17) is 4.42 Å². The van der Waals surface area contributed by atoms with E-state index in [-0.39, 0.29) is 5.41 Å². The van der Waals surface area contributed by atoms with Crippen molar-refractivity contribution in [3.63, 3.8) is 0 Å². The number of aliphatic carboxylic acids is 1. The van der Waals surface area contributed by atoms with E-state index < -0.39 is 11.4 Å². The third-order valence-corrected chi connectivity index (χ3v) is 5.27. The van der Waals surface area contributed by atoms with Gasteiger partial charge in [0.2, 0.25) is 0 Å². The van der Waals surface area contributed by atoms with E-state index in [0.29, 0.717) is 25.9 Å². The number of furan rings is 1. The average molecular weight is 357 g/mol. The summed E-state index contributed by atoms with van der Waals surface area (Å²) in [7, 11) is 0. The molecule has 2 aromatic rings. The molecule has 0 saturated carbocycles. The minimum absolute atomic E-state index is 0.131. The maximum Gasteiger partial charge on any atom is 0.310 e. The van der Waals surface area contributed by atoms with Crippen molar-refractivity contribution >= 4 is 5.97 Å². The van der Waals surface area contributed by atoms with Gasteiger partial charge in [-0.15, -0.1) is 0 Å². The molecule has 0 fully saturated rings. The second-order valence-corrected chi connectivity index (χ2v) is 7.99. The molecule has 0 radical (unpaired) electrons. The van der Waals surface area contributed by atoms with Crippen LogP contribution in [0.15, 0.2) is 40.8 Å². The van der Waals surface area contributed by atoms with Crippen LogP contribution >= 0.6 is 0 Å². The van der Waals surface area contributed by atoms with Crippen LogP contribution in [0.1, 0.15) is 58.8 Å². The molecule has 26 heavy (non-hydrogen) atoms. The van der Waals surface area contributed by atoms with Gasteiger partial charge in [-0.3, -0.25) is 4.79 Å². The summed E-state index contributed by atoms with van der Waals surface area (Å²) in [5.74, 6) is 0.901. The summed E-state index contributed by atoms with van der Waals surface area (Å²) in [6.45, 7) is 11.4. The van der Waals surface area contributed by atoms with Gasteiger partial charge in [-0.2, -0.15) is 0 Å². The van der Waals surface area contributed by atoms with E-state index in [9.17, 15) is 9.90 Å². The van der Waals surface area contributed by atoms with Crippen molar-refractivity contribution in [3.8, 4) is 11.3 Å². The van der Waals surface area contributed by atoms with Crippen molar-refractivity contribution < 1.29 is 14.3 Å². The highest BCUT2D eigenvalue weighted by Crippen LogP contribution is 2.28. The monoisotopic (exact) mass is 357 g/mol. The van der Waals surface area contributed by atoms with Crippen molar-refractivity contribution in [1.82, 2.24) is 5.32 Å². The molecule has 0 amide bonds. The standard InChI is InChI=1S/C22H31NO3/c1-6-22(7-2,20(24)25)15-23-14-18-12-13-19(26-18)16-8-10-17(11-9-16)21(3,4)5/h8-13,23H,6-7,14-15H2,1-5H3,(H,24,25). The molecule has 0 aliphatic rings. The van der Waals surface area contributed by atoms with Gasteiger partial charge in [-0.1, -0.05) is 58.9 Å². The summed E-state index contributed by atoms with van der Waals surface area (Å²) in [6.07, 6.45) is 1.21. The summed E-state index contributed by atoms with van der Waals surface area (Å²) in [5, 5.41) is 12.7. The molecule has 4 nitrogen and oxygen atoms in total. The second-order valence-electron chi connectivity index (χ2n) is 7.99. The topological polar surface area (TPSA) is 62.5 Å². The first kappa shape index (κ1) is 20.2. The third-order valence-electron chi connectivity index (χ3n) is 5.27. The van der Waals surface area contributed by atoms with E-state index in [1.807, 2.05) is 26.0 Å². The molecule has 0 unspecified atom stereocenters. The Morgan fingerprint density at radius 2 is 1.65 bits per heavy atom. The highest BCUT2D eigenvalue weighted by molar-refractivity contribution is 5.74. The fourth-order valence-electron chi connectivity index (χ4n) is 3.07. The largest absolute Gasteiger partial charge is 0.481 e. The molecule has 0 spiro atoms. The first-order valence-corrected chi connectivity index (χ1v) is 9.35. The van der Waals surface area contributed by atoms with E-state index in [0.717, 1.165) is 17.1 Å². The van der Waals surface area contributed by atoms with Crippen LogP contribution in [0.25, 0.3) is 11.3 Å². The number of carbonyl (C=O) groups is 1. The lowest BCUT2D eigenvalue weighted by Gasteiger charge is -2.26. The lowest BCUT2D eigenvalue weighted by molar-refractivity contribution is -0.149. The molecule has 4 heteroatoms. The van der Waals surface area contributed by atoms with Crippen LogP contribution in [0.5, 0.6) is 0 Å². The number of carboxylic acid groups (broad SMARTS) is 1. The molecule has 142 valence electrons. The Balaban J connectivity index is 2.01. The smallest absolute Gasteiger partial charge is 0.310 e. The molecule has 0 aliphatic heterocycles. The maximum absolute atomic E-state index is 11.5. The zero-order valence-electron chi connectivity index (χ0n) is 16.6. The molecule has 1 aromatic heterocycles. The van der Waals surface area contributed by atoms with Gasteiger partial charge in [0, 0.05) is 12.1 Å². The molecular formula is C22H31NO3. The molecule has 0 saturated heterocycles. The van der Waals surface area contributed by atoms with Crippen LogP contribution in [0, 0.1) is 5.41 Å². The van der Waals surface area contributed by atoms with Crippen LogP contribution in [-0.2, 0) is 16.8 Å². The van der Waals surface area contributed by atoms with E-state index in [1.165, 1.54) is 5.56 Å². The van der Waals surface area contributed by atoms with E-state index >= 15 is 0 Å². The van der Waals surface area contributed by atoms with Crippen LogP contribution in [0.3, 0.4) is 0 Å². The summed E-state index contributed by atoms with van der Waals surface area (Å²) in [4.78, 5) is 11.5. The fraction of sp³-hybridized carbons (Fsp3) is 0.500. The number of benzene rings is 1. The Kier molecular flexibility index (Phi) is 6.30. The molecule has 2 rings (SSSR count). The molecule has 1 aromatic carbocycles. The summed E-state index contributed by atoms with van der Waals surface area (Å²) in [6, 6.07) is 12.4. The highest BCUT2D eigenvalue weighted by Gasteiger charge is 2.34. The zero-order chi connectivity index (χ0) is 19.4. The highest BCUT2D eigenvalue weighted by atomic mass is 16.4. The van der Waals surface area contributed by atoms with E-state index in [1.54, 1.807) is 0 Å². The molecule has 2 N–H and O–H groups in total. The van der Waals surface area contributed by atoms with Crippen LogP contribution in [0.4, 0.5) is 0 Å². The van der Waals surface area contributed by atoms with Gasteiger partial charge in [0.05, 0.1) is 12.0 Å². The second kappa shape index (κ2) is 8.09. The first-order valence-electron chi connectivity index (χ1n) is 9.35. The normalized spacial score (nSPS) is 12.3. The van der Waals surface area contributed by atoms with Gasteiger partial charge < -0.3 is 14.8 Å². The zero-order valence-corrected chi connectivity index (χ0v) is 16.6. The number of carboxylic acids is 1. The first-order chi connectivity index (χ1) is 12.2. The number of hydrogen-bond acceptors (Lipinski definition) is 3. The van der Waals surface area contributed by atoms with E-state index in [2.05, 4.69) is 50.4 Å². The van der Waals surface area contributed by atoms with Gasteiger partial charge in [-0.25, -0.2) is 0 Å². The van der Waals surface area contributed by atoms with Crippen LogP contribution in [0.2, 0.25) is 0 Å². The molecule has 0 atom stereocenters. The minimum Gasteiger partial charge on any atom is -0.481 e. The van der Waals surface area contributed by atoms with Gasteiger partial charge >= 0.3 is 5.97 Å². The number of nitrogens with one attached hydrogen (secondary N) is 1. The van der Waals surface area contributed by atoms with Crippen LogP contribution in [-0.4, -0.2) is 17.6 Å². The summed E-state index contributed by atoms with van der Waals surface area (Å²) < 4.78 is 5.93. The summed E-state index contributed by atoms with van der Waals surface area (Å²) >= 11 is 0. The Morgan fingerprint density at radius 3 is 2.15 bits per heavy atom. The van der Waals surface area contributed by atoms with Gasteiger partial charge in [0.25, 0.3) is 0 Å². The quantitative estimate of drug-likeness (QED) is 0.679. The Hall–Kier alpha value is -2.07. The molecular weight excluding hydrogens is 326 g/mol. The van der Waals surface area contributed by atoms with Crippen molar-refractivity contribution in [2.75, 3.05) is 6.54 Å². The van der Waals surface area contributed by atoms with Crippen molar-refractivity contribution in [1.29, 1.82) is 0 Å². The van der Waals surface area contributed by atoms with Crippen LogP contribution < -0.4 is 5.32 Å². The third kappa shape index (κ3) is 4.55. The predicted molar refractivity (Wildman–Crippen MR) is 105 cm³/mol.